The van der Waals surface area contributed by atoms with E-state index in [0.717, 1.165) is 5.56 Å². The van der Waals surface area contributed by atoms with Crippen molar-refractivity contribution in [3.63, 3.8) is 0 Å². The first-order valence-electron chi connectivity index (χ1n) is 5.75. The maximum absolute atomic E-state index is 12.0. The number of nitrogens with two attached hydrogens (primary N) is 1. The Morgan fingerprint density at radius 1 is 1.18 bits per heavy atom. The lowest BCUT2D eigenvalue weighted by Gasteiger charge is -2.35. The fourth-order valence-corrected chi connectivity index (χ4v) is 1.17. The van der Waals surface area contributed by atoms with Crippen molar-refractivity contribution >= 4 is 5.97 Å². The number of hydrogen-bond donors (Lipinski definition) is 1. The smallest absolute Gasteiger partial charge is 0.313 e. The first-order valence-corrected chi connectivity index (χ1v) is 5.75. The van der Waals surface area contributed by atoms with Crippen molar-refractivity contribution < 1.29 is 9.53 Å². The van der Waals surface area contributed by atoms with Crippen LogP contribution in [0.4, 0.5) is 0 Å². The molecule has 0 saturated heterocycles. The van der Waals surface area contributed by atoms with Crippen molar-refractivity contribution in [2.75, 3.05) is 0 Å². The van der Waals surface area contributed by atoms with Gasteiger partial charge in [-0.25, -0.2) is 0 Å². The van der Waals surface area contributed by atoms with Gasteiger partial charge in [-0.1, -0.05) is 30.3 Å². The third-order valence-corrected chi connectivity index (χ3v) is 3.33. The lowest BCUT2D eigenvalue weighted by atomic mass is 9.75. The van der Waals surface area contributed by atoms with Gasteiger partial charge in [0.15, 0.2) is 0 Å². The van der Waals surface area contributed by atoms with Crippen molar-refractivity contribution in [3.05, 3.63) is 35.9 Å². The van der Waals surface area contributed by atoms with Gasteiger partial charge in [0, 0.05) is 5.54 Å². The van der Waals surface area contributed by atoms with Crippen LogP contribution >= 0.6 is 0 Å². The van der Waals surface area contributed by atoms with Gasteiger partial charge in [0.25, 0.3) is 0 Å². The normalized spacial score (nSPS) is 12.3. The topological polar surface area (TPSA) is 52.3 Å². The van der Waals surface area contributed by atoms with Gasteiger partial charge < -0.3 is 10.5 Å². The molecule has 0 aliphatic rings. The molecule has 0 aliphatic carbocycles. The van der Waals surface area contributed by atoms with E-state index in [9.17, 15) is 4.79 Å². The Balaban J connectivity index is 2.62. The van der Waals surface area contributed by atoms with E-state index in [4.69, 9.17) is 10.5 Å². The van der Waals surface area contributed by atoms with Crippen LogP contribution in [0.15, 0.2) is 30.3 Å². The molecular weight excluding hydrogens is 214 g/mol. The summed E-state index contributed by atoms with van der Waals surface area (Å²) in [6.07, 6.45) is 0. The Kier molecular flexibility index (Phi) is 3.94. The summed E-state index contributed by atoms with van der Waals surface area (Å²) >= 11 is 0. The van der Waals surface area contributed by atoms with E-state index >= 15 is 0 Å². The van der Waals surface area contributed by atoms with E-state index in [1.165, 1.54) is 0 Å². The highest BCUT2D eigenvalue weighted by atomic mass is 16.5. The zero-order valence-corrected chi connectivity index (χ0v) is 11.0. The van der Waals surface area contributed by atoms with Crippen LogP contribution in [0.1, 0.15) is 33.3 Å². The fraction of sp³-hybridized carbons (Fsp3) is 0.500. The van der Waals surface area contributed by atoms with Gasteiger partial charge in [0.2, 0.25) is 0 Å². The maximum Gasteiger partial charge on any atom is 0.313 e. The molecule has 0 bridgehead atoms. The fourth-order valence-electron chi connectivity index (χ4n) is 1.17. The number of carbonyl (C=O) groups excluding carboxylic acids is 1. The monoisotopic (exact) mass is 235 g/mol. The molecule has 17 heavy (non-hydrogen) atoms. The molecule has 0 aliphatic heterocycles. The molecule has 0 atom stereocenters. The molecule has 2 N–H and O–H groups in total. The SMILES string of the molecule is CC(C)(N)C(C)(C)C(=O)OCc1ccccc1. The molecule has 3 heteroatoms. The Hall–Kier alpha value is -1.35. The number of benzene rings is 1. The van der Waals surface area contributed by atoms with Crippen molar-refractivity contribution in [3.8, 4) is 0 Å². The predicted molar refractivity (Wildman–Crippen MR) is 68.3 cm³/mol. The summed E-state index contributed by atoms with van der Waals surface area (Å²) in [4.78, 5) is 12.0. The van der Waals surface area contributed by atoms with Gasteiger partial charge in [0.05, 0.1) is 5.41 Å². The number of carbonyl (C=O) groups is 1. The van der Waals surface area contributed by atoms with Crippen molar-refractivity contribution in [1.29, 1.82) is 0 Å². The maximum atomic E-state index is 12.0. The molecule has 1 aromatic rings. The molecule has 0 unspecified atom stereocenters. The van der Waals surface area contributed by atoms with E-state index in [-0.39, 0.29) is 5.97 Å². The third kappa shape index (κ3) is 3.30. The van der Waals surface area contributed by atoms with Crippen LogP contribution in [0, 0.1) is 5.41 Å². The van der Waals surface area contributed by atoms with Crippen molar-refractivity contribution in [2.45, 2.75) is 39.8 Å². The minimum absolute atomic E-state index is 0.270. The van der Waals surface area contributed by atoms with E-state index in [1.54, 1.807) is 13.8 Å². The van der Waals surface area contributed by atoms with Gasteiger partial charge in [-0.3, -0.25) is 4.79 Å². The molecule has 0 saturated carbocycles. The Morgan fingerprint density at radius 2 is 1.71 bits per heavy atom. The molecule has 1 rings (SSSR count). The molecule has 0 spiro atoms. The third-order valence-electron chi connectivity index (χ3n) is 3.33. The molecule has 0 fully saturated rings. The zero-order chi connectivity index (χ0) is 13.1. The highest BCUT2D eigenvalue weighted by Crippen LogP contribution is 2.29. The minimum Gasteiger partial charge on any atom is -0.460 e. The summed E-state index contributed by atoms with van der Waals surface area (Å²) in [5.74, 6) is -0.270. The second-order valence-corrected chi connectivity index (χ2v) is 5.41. The molecule has 0 radical (unpaired) electrons. The number of rotatable bonds is 4. The van der Waals surface area contributed by atoms with Crippen LogP contribution < -0.4 is 5.73 Å². The second kappa shape index (κ2) is 4.88. The van der Waals surface area contributed by atoms with Gasteiger partial charge in [-0.15, -0.1) is 0 Å². The lowest BCUT2D eigenvalue weighted by Crippen LogP contribution is -2.52. The average Bonchev–Trinajstić information content (AvgIpc) is 2.25. The highest BCUT2D eigenvalue weighted by Gasteiger charge is 2.41. The Morgan fingerprint density at radius 3 is 2.18 bits per heavy atom. The highest BCUT2D eigenvalue weighted by molar-refractivity contribution is 5.77. The Labute approximate surface area is 103 Å². The molecule has 1 aromatic carbocycles. The lowest BCUT2D eigenvalue weighted by molar-refractivity contribution is -0.158. The van der Waals surface area contributed by atoms with Gasteiger partial charge >= 0.3 is 5.97 Å². The standard InChI is InChI=1S/C14H21NO2/c1-13(2,14(3,4)15)12(16)17-10-11-8-6-5-7-9-11/h5-9H,10,15H2,1-4H3. The molecule has 0 amide bonds. The molecular formula is C14H21NO2. The summed E-state index contributed by atoms with van der Waals surface area (Å²) in [5.41, 5.74) is 5.64. The second-order valence-electron chi connectivity index (χ2n) is 5.41. The van der Waals surface area contributed by atoms with Crippen molar-refractivity contribution in [1.82, 2.24) is 0 Å². The van der Waals surface area contributed by atoms with Crippen molar-refractivity contribution in [2.24, 2.45) is 11.1 Å². The van der Waals surface area contributed by atoms with Crippen LogP contribution in [0.25, 0.3) is 0 Å². The summed E-state index contributed by atoms with van der Waals surface area (Å²) in [5, 5.41) is 0. The van der Waals surface area contributed by atoms with E-state index < -0.39 is 11.0 Å². The van der Waals surface area contributed by atoms with Crippen LogP contribution in [0.2, 0.25) is 0 Å². The molecule has 3 nitrogen and oxygen atoms in total. The quantitative estimate of drug-likeness (QED) is 0.816. The summed E-state index contributed by atoms with van der Waals surface area (Å²) < 4.78 is 5.30. The first kappa shape index (κ1) is 13.7. The van der Waals surface area contributed by atoms with Crippen LogP contribution in [0.5, 0.6) is 0 Å². The summed E-state index contributed by atoms with van der Waals surface area (Å²) in [6, 6.07) is 9.61. The van der Waals surface area contributed by atoms with Gasteiger partial charge in [-0.05, 0) is 33.3 Å². The molecule has 0 aromatic heterocycles. The van der Waals surface area contributed by atoms with Crippen LogP contribution in [-0.2, 0) is 16.1 Å². The summed E-state index contributed by atoms with van der Waals surface area (Å²) in [7, 11) is 0. The van der Waals surface area contributed by atoms with Crippen LogP contribution in [0.3, 0.4) is 0 Å². The number of hydrogen-bond acceptors (Lipinski definition) is 3. The van der Waals surface area contributed by atoms with E-state index in [1.807, 2.05) is 44.2 Å². The van der Waals surface area contributed by atoms with E-state index in [2.05, 4.69) is 0 Å². The Bertz CT molecular complexity index is 377. The summed E-state index contributed by atoms with van der Waals surface area (Å²) in [6.45, 7) is 7.56. The van der Waals surface area contributed by atoms with Gasteiger partial charge in [-0.2, -0.15) is 0 Å². The van der Waals surface area contributed by atoms with Crippen LogP contribution in [-0.4, -0.2) is 11.5 Å². The van der Waals surface area contributed by atoms with Gasteiger partial charge in [0.1, 0.15) is 6.61 Å². The molecule has 94 valence electrons. The minimum atomic E-state index is -0.707. The number of ether oxygens (including phenoxy) is 1. The van der Waals surface area contributed by atoms with E-state index in [0.29, 0.717) is 6.61 Å². The first-order chi connectivity index (χ1) is 7.75. The molecule has 0 heterocycles. The zero-order valence-electron chi connectivity index (χ0n) is 11.0. The average molecular weight is 235 g/mol. The number of esters is 1. The predicted octanol–water partition coefficient (Wildman–Crippen LogP) is 2.49. The largest absolute Gasteiger partial charge is 0.460 e.